The number of nitrogens with zero attached hydrogens (tertiary/aromatic N) is 2. The van der Waals surface area contributed by atoms with Crippen molar-refractivity contribution in [3.8, 4) is 5.69 Å². The molecule has 0 spiro atoms. The average Bonchev–Trinajstić information content (AvgIpc) is 2.78. The van der Waals surface area contributed by atoms with Gasteiger partial charge in [0.1, 0.15) is 5.82 Å². The Bertz CT molecular complexity index is 546. The van der Waals surface area contributed by atoms with E-state index in [1.807, 2.05) is 12.3 Å². The van der Waals surface area contributed by atoms with Gasteiger partial charge < -0.3 is 5.11 Å². The number of aliphatic hydroxyl groups excluding tert-OH is 1. The first kappa shape index (κ1) is 12.8. The van der Waals surface area contributed by atoms with Crippen LogP contribution >= 0.6 is 0 Å². The van der Waals surface area contributed by atoms with Gasteiger partial charge in [-0.05, 0) is 37.1 Å². The third-order valence-electron chi connectivity index (χ3n) is 2.89. The third-order valence-corrected chi connectivity index (χ3v) is 2.89. The molecule has 0 radical (unpaired) electrons. The molecule has 2 rings (SSSR count). The molecule has 0 unspecified atom stereocenters. The van der Waals surface area contributed by atoms with Gasteiger partial charge in [-0.25, -0.2) is 9.07 Å². The Hall–Kier alpha value is -1.68. The summed E-state index contributed by atoms with van der Waals surface area (Å²) in [6.45, 7) is 5.74. The van der Waals surface area contributed by atoms with Crippen molar-refractivity contribution in [2.75, 3.05) is 0 Å². The van der Waals surface area contributed by atoms with Crippen LogP contribution in [0, 0.1) is 5.82 Å². The summed E-state index contributed by atoms with van der Waals surface area (Å²) >= 11 is 0. The van der Waals surface area contributed by atoms with Gasteiger partial charge in [-0.2, -0.15) is 5.10 Å². The van der Waals surface area contributed by atoms with Gasteiger partial charge in [0.25, 0.3) is 0 Å². The van der Waals surface area contributed by atoms with E-state index in [2.05, 4.69) is 18.9 Å². The monoisotopic (exact) mass is 248 g/mol. The number of rotatable bonds is 3. The second-order valence-electron chi connectivity index (χ2n) is 4.72. The van der Waals surface area contributed by atoms with Gasteiger partial charge in [0.2, 0.25) is 0 Å². The Labute approximate surface area is 106 Å². The Morgan fingerprint density at radius 3 is 2.50 bits per heavy atom. The summed E-state index contributed by atoms with van der Waals surface area (Å²) in [5.74, 6) is -0.0208. The number of benzene rings is 1. The van der Waals surface area contributed by atoms with E-state index in [4.69, 9.17) is 0 Å². The molecule has 2 aromatic rings. The number of aliphatic hydroxyl groups is 1. The first-order chi connectivity index (χ1) is 8.49. The number of aromatic nitrogens is 2. The lowest BCUT2D eigenvalue weighted by Gasteiger charge is -2.12. The average molecular weight is 248 g/mol. The zero-order chi connectivity index (χ0) is 13.3. The summed E-state index contributed by atoms with van der Waals surface area (Å²) in [7, 11) is 0. The molecule has 0 bridgehead atoms. The zero-order valence-electron chi connectivity index (χ0n) is 10.8. The lowest BCUT2D eigenvalue weighted by Crippen LogP contribution is -2.04. The van der Waals surface area contributed by atoms with Crippen molar-refractivity contribution in [1.29, 1.82) is 0 Å². The van der Waals surface area contributed by atoms with Crippen LogP contribution in [0.15, 0.2) is 30.5 Å². The van der Waals surface area contributed by atoms with Crippen LogP contribution in [-0.4, -0.2) is 14.9 Å². The zero-order valence-corrected chi connectivity index (χ0v) is 10.8. The summed E-state index contributed by atoms with van der Waals surface area (Å²) in [5, 5.41) is 14.1. The minimum atomic E-state index is -0.734. The van der Waals surface area contributed by atoms with Crippen molar-refractivity contribution in [3.63, 3.8) is 0 Å². The molecular formula is C14H17FN2O. The van der Waals surface area contributed by atoms with E-state index >= 15 is 0 Å². The first-order valence-electron chi connectivity index (χ1n) is 6.02. The van der Waals surface area contributed by atoms with E-state index < -0.39 is 6.10 Å². The largest absolute Gasteiger partial charge is 0.389 e. The van der Waals surface area contributed by atoms with Crippen molar-refractivity contribution in [1.82, 2.24) is 9.78 Å². The second-order valence-corrected chi connectivity index (χ2v) is 4.72. The van der Waals surface area contributed by atoms with Gasteiger partial charge in [-0.15, -0.1) is 0 Å². The van der Waals surface area contributed by atoms with Crippen LogP contribution in [0.3, 0.4) is 0 Å². The summed E-state index contributed by atoms with van der Waals surface area (Å²) in [6, 6.07) is 6.28. The molecule has 0 aliphatic heterocycles. The van der Waals surface area contributed by atoms with Crippen LogP contribution in [0.2, 0.25) is 0 Å². The molecule has 1 atom stereocenters. The lowest BCUT2D eigenvalue weighted by atomic mass is 10.1. The molecule has 0 aliphatic rings. The highest BCUT2D eigenvalue weighted by Gasteiger charge is 2.12. The fourth-order valence-corrected chi connectivity index (χ4v) is 1.85. The van der Waals surface area contributed by atoms with Crippen LogP contribution in [0.5, 0.6) is 0 Å². The molecule has 1 aromatic carbocycles. The number of halogens is 1. The van der Waals surface area contributed by atoms with E-state index in [1.54, 1.807) is 17.7 Å². The summed E-state index contributed by atoms with van der Waals surface area (Å²) < 4.78 is 14.9. The highest BCUT2D eigenvalue weighted by atomic mass is 19.1. The molecule has 0 fully saturated rings. The molecule has 1 aromatic heterocycles. The predicted molar refractivity (Wildman–Crippen MR) is 68.2 cm³/mol. The topological polar surface area (TPSA) is 38.0 Å². The maximum absolute atomic E-state index is 13.2. The van der Waals surface area contributed by atoms with Crippen LogP contribution in [-0.2, 0) is 0 Å². The highest BCUT2D eigenvalue weighted by Crippen LogP contribution is 2.23. The Morgan fingerprint density at radius 2 is 1.94 bits per heavy atom. The van der Waals surface area contributed by atoms with Crippen LogP contribution in [0.25, 0.3) is 5.69 Å². The maximum Gasteiger partial charge on any atom is 0.123 e. The highest BCUT2D eigenvalue weighted by molar-refractivity contribution is 5.42. The van der Waals surface area contributed by atoms with Crippen molar-refractivity contribution in [3.05, 3.63) is 47.5 Å². The molecule has 18 heavy (non-hydrogen) atoms. The summed E-state index contributed by atoms with van der Waals surface area (Å²) in [6.07, 6.45) is 1.09. The summed E-state index contributed by atoms with van der Waals surface area (Å²) in [5.41, 5.74) is 2.21. The Morgan fingerprint density at radius 1 is 1.22 bits per heavy atom. The van der Waals surface area contributed by atoms with Gasteiger partial charge in [-0.1, -0.05) is 13.8 Å². The number of hydrogen-bond acceptors (Lipinski definition) is 2. The minimum absolute atomic E-state index is 0.335. The van der Waals surface area contributed by atoms with E-state index in [0.29, 0.717) is 17.2 Å². The van der Waals surface area contributed by atoms with Crippen molar-refractivity contribution in [2.45, 2.75) is 32.8 Å². The maximum atomic E-state index is 13.2. The molecule has 0 saturated carbocycles. The molecule has 1 heterocycles. The first-order valence-corrected chi connectivity index (χ1v) is 6.02. The normalized spacial score (nSPS) is 13.0. The SMILES string of the molecule is CC(C)c1ccn(-c2ccc(F)cc2[C@@H](C)O)n1. The van der Waals surface area contributed by atoms with Crippen LogP contribution in [0.1, 0.15) is 44.1 Å². The fourth-order valence-electron chi connectivity index (χ4n) is 1.85. The molecule has 0 aliphatic carbocycles. The molecule has 96 valence electrons. The van der Waals surface area contributed by atoms with Gasteiger partial charge in [-0.3, -0.25) is 0 Å². The fraction of sp³-hybridized carbons (Fsp3) is 0.357. The molecule has 3 nitrogen and oxygen atoms in total. The second kappa shape index (κ2) is 4.90. The van der Waals surface area contributed by atoms with Gasteiger partial charge in [0, 0.05) is 11.8 Å². The lowest BCUT2D eigenvalue weighted by molar-refractivity contribution is 0.198. The predicted octanol–water partition coefficient (Wildman–Crippen LogP) is 3.19. The molecule has 4 heteroatoms. The van der Waals surface area contributed by atoms with Crippen LogP contribution < -0.4 is 0 Å². The molecular weight excluding hydrogens is 231 g/mol. The third kappa shape index (κ3) is 2.43. The summed E-state index contributed by atoms with van der Waals surface area (Å²) in [4.78, 5) is 0. The quantitative estimate of drug-likeness (QED) is 0.905. The van der Waals surface area contributed by atoms with Gasteiger partial charge in [0.15, 0.2) is 0 Å². The van der Waals surface area contributed by atoms with Crippen molar-refractivity contribution < 1.29 is 9.50 Å². The smallest absolute Gasteiger partial charge is 0.123 e. The minimum Gasteiger partial charge on any atom is -0.389 e. The van der Waals surface area contributed by atoms with Crippen LogP contribution in [0.4, 0.5) is 4.39 Å². The van der Waals surface area contributed by atoms with E-state index in [0.717, 1.165) is 5.69 Å². The van der Waals surface area contributed by atoms with Gasteiger partial charge in [0.05, 0.1) is 17.5 Å². The van der Waals surface area contributed by atoms with Crippen molar-refractivity contribution in [2.24, 2.45) is 0 Å². The van der Waals surface area contributed by atoms with Gasteiger partial charge >= 0.3 is 0 Å². The Kier molecular flexibility index (Phi) is 3.48. The van der Waals surface area contributed by atoms with E-state index in [1.165, 1.54) is 12.1 Å². The number of hydrogen-bond donors (Lipinski definition) is 1. The molecule has 0 amide bonds. The standard InChI is InChI=1S/C14H17FN2O/c1-9(2)13-6-7-17(16-13)14-5-4-11(15)8-12(14)10(3)18/h4-10,18H,1-3H3/t10-/m1/s1. The van der Waals surface area contributed by atoms with E-state index in [-0.39, 0.29) is 5.82 Å². The van der Waals surface area contributed by atoms with Crippen molar-refractivity contribution >= 4 is 0 Å². The van der Waals surface area contributed by atoms with E-state index in [9.17, 15) is 9.50 Å². The molecule has 1 N–H and O–H groups in total. The molecule has 0 saturated heterocycles. The Balaban J connectivity index is 2.49.